The number of thioether (sulfide) groups is 1. The molecule has 5 heteroatoms. The Hall–Kier alpha value is -0.000000000000000111. The second-order valence-electron chi connectivity index (χ2n) is 4.56. The fraction of sp³-hybridized carbons (Fsp3) is 0.750. The molecule has 0 aliphatic carbocycles. The Bertz CT molecular complexity index is 341. The van der Waals surface area contributed by atoms with E-state index in [2.05, 4.69) is 45.0 Å². The first-order valence-corrected chi connectivity index (χ1v) is 8.17. The van der Waals surface area contributed by atoms with E-state index in [1.807, 2.05) is 17.9 Å². The number of hydrogen-bond acceptors (Lipinski definition) is 3. The molecule has 0 bridgehead atoms. The Labute approximate surface area is 116 Å². The summed E-state index contributed by atoms with van der Waals surface area (Å²) in [4.78, 5) is 0. The van der Waals surface area contributed by atoms with Crippen LogP contribution in [-0.4, -0.2) is 27.8 Å². The van der Waals surface area contributed by atoms with Crippen LogP contribution >= 0.6 is 27.7 Å². The zero-order chi connectivity index (χ0) is 12.3. The van der Waals surface area contributed by atoms with Crippen molar-refractivity contribution >= 4 is 27.7 Å². The van der Waals surface area contributed by atoms with Crippen LogP contribution in [0.2, 0.25) is 0 Å². The highest BCUT2D eigenvalue weighted by atomic mass is 79.9. The van der Waals surface area contributed by atoms with Crippen LogP contribution < -0.4 is 5.32 Å². The standard InChI is InChI=1S/C12H20BrN3S/c1-3-5-14-11(9-4-6-17-8-9)12-10(13)7-15-16(12)2/h7,9,11,14H,3-6,8H2,1-2H3. The first-order chi connectivity index (χ1) is 8.24. The van der Waals surface area contributed by atoms with Crippen LogP contribution in [0, 0.1) is 5.92 Å². The minimum Gasteiger partial charge on any atom is -0.308 e. The molecule has 0 aromatic carbocycles. The highest BCUT2D eigenvalue weighted by Crippen LogP contribution is 2.36. The van der Waals surface area contributed by atoms with E-state index < -0.39 is 0 Å². The molecule has 17 heavy (non-hydrogen) atoms. The fourth-order valence-corrected chi connectivity index (χ4v) is 4.26. The number of rotatable bonds is 5. The van der Waals surface area contributed by atoms with Gasteiger partial charge >= 0.3 is 0 Å². The van der Waals surface area contributed by atoms with Crippen molar-refractivity contribution in [1.29, 1.82) is 0 Å². The summed E-state index contributed by atoms with van der Waals surface area (Å²) in [5.41, 5.74) is 1.30. The van der Waals surface area contributed by atoms with Crippen molar-refractivity contribution in [3.63, 3.8) is 0 Å². The average molecular weight is 318 g/mol. The average Bonchev–Trinajstić information content (AvgIpc) is 2.93. The topological polar surface area (TPSA) is 29.9 Å². The van der Waals surface area contributed by atoms with E-state index in [0.29, 0.717) is 6.04 Å². The summed E-state index contributed by atoms with van der Waals surface area (Å²) in [5, 5.41) is 8.03. The SMILES string of the molecule is CCCNC(c1c(Br)cnn1C)C1CCSC1. The predicted molar refractivity (Wildman–Crippen MR) is 77.4 cm³/mol. The molecular weight excluding hydrogens is 298 g/mol. The summed E-state index contributed by atoms with van der Waals surface area (Å²) in [6.07, 6.45) is 4.38. The van der Waals surface area contributed by atoms with Gasteiger partial charge in [0.25, 0.3) is 0 Å². The molecule has 1 aromatic rings. The van der Waals surface area contributed by atoms with Gasteiger partial charge in [0.15, 0.2) is 0 Å². The maximum Gasteiger partial charge on any atom is 0.0695 e. The van der Waals surface area contributed by atoms with Gasteiger partial charge in [0, 0.05) is 7.05 Å². The van der Waals surface area contributed by atoms with Crippen LogP contribution in [0.3, 0.4) is 0 Å². The molecule has 0 amide bonds. The summed E-state index contributed by atoms with van der Waals surface area (Å²) < 4.78 is 3.13. The molecule has 2 heterocycles. The minimum absolute atomic E-state index is 0.437. The van der Waals surface area contributed by atoms with E-state index in [-0.39, 0.29) is 0 Å². The molecule has 0 radical (unpaired) electrons. The lowest BCUT2D eigenvalue weighted by molar-refractivity contribution is 0.373. The van der Waals surface area contributed by atoms with Gasteiger partial charge in [0.2, 0.25) is 0 Å². The molecule has 1 fully saturated rings. The molecule has 3 nitrogen and oxygen atoms in total. The molecule has 96 valence electrons. The largest absolute Gasteiger partial charge is 0.308 e. The smallest absolute Gasteiger partial charge is 0.0695 e. The maximum atomic E-state index is 4.34. The van der Waals surface area contributed by atoms with Crippen molar-refractivity contribution in [2.24, 2.45) is 13.0 Å². The fourth-order valence-electron chi connectivity index (χ4n) is 2.37. The van der Waals surface area contributed by atoms with Crippen molar-refractivity contribution < 1.29 is 0 Å². The van der Waals surface area contributed by atoms with E-state index >= 15 is 0 Å². The van der Waals surface area contributed by atoms with Crippen LogP contribution in [0.25, 0.3) is 0 Å². The van der Waals surface area contributed by atoms with E-state index in [0.717, 1.165) is 16.9 Å². The quantitative estimate of drug-likeness (QED) is 0.905. The molecule has 1 saturated heterocycles. The number of hydrogen-bond donors (Lipinski definition) is 1. The summed E-state index contributed by atoms with van der Waals surface area (Å²) in [6.45, 7) is 3.29. The van der Waals surface area contributed by atoms with Crippen LogP contribution in [0.1, 0.15) is 31.5 Å². The third kappa shape index (κ3) is 3.06. The van der Waals surface area contributed by atoms with Crippen molar-refractivity contribution in [3.05, 3.63) is 16.4 Å². The summed E-state index contributed by atoms with van der Waals surface area (Å²) in [7, 11) is 2.03. The highest BCUT2D eigenvalue weighted by Gasteiger charge is 2.29. The summed E-state index contributed by atoms with van der Waals surface area (Å²) in [5.74, 6) is 3.29. The Morgan fingerprint density at radius 3 is 3.06 bits per heavy atom. The van der Waals surface area contributed by atoms with E-state index in [1.165, 1.54) is 30.0 Å². The Morgan fingerprint density at radius 1 is 1.71 bits per heavy atom. The first-order valence-electron chi connectivity index (χ1n) is 6.22. The Kier molecular flexibility index (Phi) is 4.94. The highest BCUT2D eigenvalue weighted by molar-refractivity contribution is 9.10. The lowest BCUT2D eigenvalue weighted by Crippen LogP contribution is -2.31. The summed E-state index contributed by atoms with van der Waals surface area (Å²) >= 11 is 5.69. The van der Waals surface area contributed by atoms with Crippen LogP contribution in [0.15, 0.2) is 10.7 Å². The number of nitrogens with zero attached hydrogens (tertiary/aromatic N) is 2. The third-order valence-electron chi connectivity index (χ3n) is 3.28. The minimum atomic E-state index is 0.437. The second kappa shape index (κ2) is 6.25. The third-order valence-corrected chi connectivity index (χ3v) is 5.08. The molecule has 1 aliphatic heterocycles. The van der Waals surface area contributed by atoms with Gasteiger partial charge in [-0.25, -0.2) is 0 Å². The molecule has 0 spiro atoms. The Balaban J connectivity index is 2.19. The zero-order valence-electron chi connectivity index (χ0n) is 10.4. The molecule has 0 saturated carbocycles. The zero-order valence-corrected chi connectivity index (χ0v) is 12.9. The monoisotopic (exact) mass is 317 g/mol. The van der Waals surface area contributed by atoms with E-state index in [4.69, 9.17) is 0 Å². The maximum absolute atomic E-state index is 4.34. The Morgan fingerprint density at radius 2 is 2.53 bits per heavy atom. The van der Waals surface area contributed by atoms with Crippen LogP contribution in [0.4, 0.5) is 0 Å². The molecule has 2 atom stereocenters. The van der Waals surface area contributed by atoms with Gasteiger partial charge in [-0.15, -0.1) is 0 Å². The van der Waals surface area contributed by atoms with Gasteiger partial charge in [-0.3, -0.25) is 4.68 Å². The lowest BCUT2D eigenvalue weighted by Gasteiger charge is -2.25. The summed E-state index contributed by atoms with van der Waals surface area (Å²) in [6, 6.07) is 0.437. The van der Waals surface area contributed by atoms with Gasteiger partial charge in [-0.1, -0.05) is 6.92 Å². The van der Waals surface area contributed by atoms with Gasteiger partial charge in [-0.05, 0) is 52.7 Å². The van der Waals surface area contributed by atoms with Gasteiger partial charge in [0.1, 0.15) is 0 Å². The number of halogens is 1. The van der Waals surface area contributed by atoms with Crippen molar-refractivity contribution in [1.82, 2.24) is 15.1 Å². The van der Waals surface area contributed by atoms with Gasteiger partial charge in [0.05, 0.1) is 22.4 Å². The molecule has 1 aromatic heterocycles. The number of aryl methyl sites for hydroxylation is 1. The second-order valence-corrected chi connectivity index (χ2v) is 6.56. The van der Waals surface area contributed by atoms with E-state index in [9.17, 15) is 0 Å². The molecule has 2 rings (SSSR count). The van der Waals surface area contributed by atoms with Gasteiger partial charge in [-0.2, -0.15) is 16.9 Å². The molecule has 1 aliphatic rings. The number of aromatic nitrogens is 2. The molecular formula is C12H20BrN3S. The van der Waals surface area contributed by atoms with E-state index in [1.54, 1.807) is 0 Å². The number of nitrogens with one attached hydrogen (secondary N) is 1. The van der Waals surface area contributed by atoms with Crippen LogP contribution in [0.5, 0.6) is 0 Å². The van der Waals surface area contributed by atoms with Gasteiger partial charge < -0.3 is 5.32 Å². The lowest BCUT2D eigenvalue weighted by atomic mass is 9.96. The predicted octanol–water partition coefficient (Wildman–Crippen LogP) is 2.98. The molecule has 1 N–H and O–H groups in total. The van der Waals surface area contributed by atoms with Crippen molar-refractivity contribution in [2.45, 2.75) is 25.8 Å². The first kappa shape index (κ1) is 13.4. The normalized spacial score (nSPS) is 21.9. The van der Waals surface area contributed by atoms with Crippen molar-refractivity contribution in [3.8, 4) is 0 Å². The molecule has 2 unspecified atom stereocenters. The van der Waals surface area contributed by atoms with Crippen molar-refractivity contribution in [2.75, 3.05) is 18.1 Å². The van der Waals surface area contributed by atoms with Crippen LogP contribution in [-0.2, 0) is 7.05 Å².